The highest BCUT2D eigenvalue weighted by Crippen LogP contribution is 2.28. The number of thiazole rings is 1. The van der Waals surface area contributed by atoms with E-state index in [2.05, 4.69) is 4.98 Å². The van der Waals surface area contributed by atoms with Crippen LogP contribution in [0.3, 0.4) is 0 Å². The van der Waals surface area contributed by atoms with E-state index in [1.807, 2.05) is 12.3 Å². The van der Waals surface area contributed by atoms with Crippen molar-refractivity contribution in [3.8, 4) is 0 Å². The van der Waals surface area contributed by atoms with Gasteiger partial charge in [0.1, 0.15) is 6.04 Å². The number of carbonyl (C=O) groups is 2. The van der Waals surface area contributed by atoms with Gasteiger partial charge in [0, 0.05) is 11.9 Å². The Morgan fingerprint density at radius 2 is 2.35 bits per heavy atom. The van der Waals surface area contributed by atoms with Crippen molar-refractivity contribution in [3.63, 3.8) is 0 Å². The number of amides is 3. The van der Waals surface area contributed by atoms with Gasteiger partial charge in [-0.1, -0.05) is 0 Å². The van der Waals surface area contributed by atoms with Crippen LogP contribution < -0.4 is 0 Å². The van der Waals surface area contributed by atoms with Crippen LogP contribution in [0.15, 0.2) is 5.38 Å². The van der Waals surface area contributed by atoms with Gasteiger partial charge < -0.3 is 4.90 Å². The molecule has 2 aliphatic rings. The van der Waals surface area contributed by atoms with Crippen molar-refractivity contribution in [2.24, 2.45) is 0 Å². The third kappa shape index (κ3) is 1.63. The Morgan fingerprint density at radius 3 is 3.00 bits per heavy atom. The summed E-state index contributed by atoms with van der Waals surface area (Å²) in [5, 5.41) is 2.86. The number of nitrogens with zero attached hydrogens (tertiary/aromatic N) is 3. The van der Waals surface area contributed by atoms with E-state index in [-0.39, 0.29) is 18.0 Å². The Bertz CT molecular complexity index is 463. The third-order valence-corrected chi connectivity index (χ3v) is 4.09. The fourth-order valence-electron chi connectivity index (χ4n) is 2.47. The van der Waals surface area contributed by atoms with Crippen LogP contribution in [0.2, 0.25) is 0 Å². The molecule has 0 radical (unpaired) electrons. The van der Waals surface area contributed by atoms with E-state index < -0.39 is 0 Å². The van der Waals surface area contributed by atoms with Crippen LogP contribution in [0.4, 0.5) is 4.79 Å². The first-order valence-corrected chi connectivity index (χ1v) is 6.58. The molecular formula is C11H13N3O2S. The number of rotatable bonds is 2. The summed E-state index contributed by atoms with van der Waals surface area (Å²) in [5.41, 5.74) is 0.801. The van der Waals surface area contributed by atoms with Crippen LogP contribution in [0.5, 0.6) is 0 Å². The van der Waals surface area contributed by atoms with Crippen molar-refractivity contribution in [1.82, 2.24) is 14.8 Å². The van der Waals surface area contributed by atoms with Crippen LogP contribution in [-0.2, 0) is 11.3 Å². The molecule has 2 aliphatic heterocycles. The minimum atomic E-state index is -0.206. The number of carbonyl (C=O) groups excluding carboxylic acids is 2. The SMILES string of the molecule is Cc1nc(CN2C(=O)C3CCCN3C2=O)cs1. The van der Waals surface area contributed by atoms with Gasteiger partial charge >= 0.3 is 6.03 Å². The maximum Gasteiger partial charge on any atom is 0.327 e. The molecule has 6 heteroatoms. The van der Waals surface area contributed by atoms with Crippen molar-refractivity contribution in [2.75, 3.05) is 6.54 Å². The van der Waals surface area contributed by atoms with Gasteiger partial charge in [0.15, 0.2) is 0 Å². The van der Waals surface area contributed by atoms with E-state index in [4.69, 9.17) is 0 Å². The first-order chi connectivity index (χ1) is 8.16. The van der Waals surface area contributed by atoms with Gasteiger partial charge in [0.05, 0.1) is 17.2 Å². The van der Waals surface area contributed by atoms with E-state index in [0.29, 0.717) is 13.1 Å². The van der Waals surface area contributed by atoms with Crippen molar-refractivity contribution >= 4 is 23.3 Å². The zero-order valence-corrected chi connectivity index (χ0v) is 10.4. The highest BCUT2D eigenvalue weighted by atomic mass is 32.1. The van der Waals surface area contributed by atoms with E-state index in [1.54, 1.807) is 4.90 Å². The molecule has 5 nitrogen and oxygen atoms in total. The van der Waals surface area contributed by atoms with Crippen molar-refractivity contribution in [1.29, 1.82) is 0 Å². The van der Waals surface area contributed by atoms with E-state index in [9.17, 15) is 9.59 Å². The number of aryl methyl sites for hydroxylation is 1. The summed E-state index contributed by atoms with van der Waals surface area (Å²) in [4.78, 5) is 31.4. The molecular weight excluding hydrogens is 238 g/mol. The van der Waals surface area contributed by atoms with E-state index >= 15 is 0 Å². The minimum absolute atomic E-state index is 0.0573. The highest BCUT2D eigenvalue weighted by molar-refractivity contribution is 7.09. The zero-order chi connectivity index (χ0) is 12.0. The molecule has 1 unspecified atom stereocenters. The molecule has 3 heterocycles. The van der Waals surface area contributed by atoms with Gasteiger partial charge in [-0.15, -0.1) is 11.3 Å². The molecule has 0 saturated carbocycles. The second kappa shape index (κ2) is 3.80. The van der Waals surface area contributed by atoms with Crippen LogP contribution in [0.1, 0.15) is 23.5 Å². The van der Waals surface area contributed by atoms with Crippen molar-refractivity contribution in [2.45, 2.75) is 32.4 Å². The number of imide groups is 1. The maximum absolute atomic E-state index is 12.0. The minimum Gasteiger partial charge on any atom is -0.312 e. The molecule has 17 heavy (non-hydrogen) atoms. The molecule has 0 spiro atoms. The van der Waals surface area contributed by atoms with Gasteiger partial charge in [-0.05, 0) is 19.8 Å². The van der Waals surface area contributed by atoms with Gasteiger partial charge in [0.2, 0.25) is 0 Å². The van der Waals surface area contributed by atoms with Crippen LogP contribution in [0, 0.1) is 6.92 Å². The molecule has 90 valence electrons. The largest absolute Gasteiger partial charge is 0.327 e. The number of urea groups is 1. The lowest BCUT2D eigenvalue weighted by Crippen LogP contribution is -2.32. The topological polar surface area (TPSA) is 53.5 Å². The Kier molecular flexibility index (Phi) is 2.39. The molecule has 0 bridgehead atoms. The molecule has 0 N–H and O–H groups in total. The fourth-order valence-corrected chi connectivity index (χ4v) is 3.07. The first-order valence-electron chi connectivity index (χ1n) is 5.70. The molecule has 3 amide bonds. The highest BCUT2D eigenvalue weighted by Gasteiger charge is 2.47. The number of aromatic nitrogens is 1. The normalized spacial score (nSPS) is 23.7. The smallest absolute Gasteiger partial charge is 0.312 e. The summed E-state index contributed by atoms with van der Waals surface area (Å²) in [6, 6.07) is -0.356. The molecule has 2 saturated heterocycles. The fraction of sp³-hybridized carbons (Fsp3) is 0.545. The zero-order valence-electron chi connectivity index (χ0n) is 9.55. The summed E-state index contributed by atoms with van der Waals surface area (Å²) >= 11 is 1.54. The summed E-state index contributed by atoms with van der Waals surface area (Å²) in [5.74, 6) is -0.0573. The molecule has 2 fully saturated rings. The van der Waals surface area contributed by atoms with Gasteiger partial charge in [0.25, 0.3) is 5.91 Å². The Morgan fingerprint density at radius 1 is 1.53 bits per heavy atom. The maximum atomic E-state index is 12.0. The van der Waals surface area contributed by atoms with Gasteiger partial charge in [-0.2, -0.15) is 0 Å². The molecule has 0 aliphatic carbocycles. The molecule has 3 rings (SSSR count). The van der Waals surface area contributed by atoms with Gasteiger partial charge in [-0.25, -0.2) is 9.78 Å². The predicted octanol–water partition coefficient (Wildman–Crippen LogP) is 1.38. The monoisotopic (exact) mass is 251 g/mol. The lowest BCUT2D eigenvalue weighted by Gasteiger charge is -2.13. The van der Waals surface area contributed by atoms with Crippen LogP contribution in [-0.4, -0.2) is 39.3 Å². The molecule has 1 aromatic rings. The Balaban J connectivity index is 1.80. The summed E-state index contributed by atoms with van der Waals surface area (Å²) in [7, 11) is 0. The summed E-state index contributed by atoms with van der Waals surface area (Å²) < 4.78 is 0. The second-order valence-electron chi connectivity index (χ2n) is 4.42. The van der Waals surface area contributed by atoms with Crippen LogP contribution in [0.25, 0.3) is 0 Å². The predicted molar refractivity (Wildman–Crippen MR) is 62.5 cm³/mol. The summed E-state index contributed by atoms with van der Waals surface area (Å²) in [6.07, 6.45) is 1.74. The Labute approximate surface area is 103 Å². The second-order valence-corrected chi connectivity index (χ2v) is 5.48. The van der Waals surface area contributed by atoms with Crippen LogP contribution >= 0.6 is 11.3 Å². The molecule has 1 aromatic heterocycles. The first kappa shape index (κ1) is 10.7. The average Bonchev–Trinajstić information content (AvgIpc) is 2.96. The van der Waals surface area contributed by atoms with E-state index in [0.717, 1.165) is 23.5 Å². The third-order valence-electron chi connectivity index (χ3n) is 3.27. The number of hydrogen-bond acceptors (Lipinski definition) is 4. The van der Waals surface area contributed by atoms with Gasteiger partial charge in [-0.3, -0.25) is 9.69 Å². The molecule has 1 atom stereocenters. The lowest BCUT2D eigenvalue weighted by atomic mass is 10.2. The Hall–Kier alpha value is -1.43. The van der Waals surface area contributed by atoms with Crippen molar-refractivity contribution in [3.05, 3.63) is 16.1 Å². The quantitative estimate of drug-likeness (QED) is 0.746. The standard InChI is InChI=1S/C11H13N3O2S/c1-7-12-8(6-17-7)5-14-10(15)9-3-2-4-13(9)11(14)16/h6,9H,2-5H2,1H3. The number of hydrogen-bond donors (Lipinski definition) is 0. The number of fused-ring (bicyclic) bond motifs is 1. The molecule has 0 aromatic carbocycles. The van der Waals surface area contributed by atoms with E-state index in [1.165, 1.54) is 16.2 Å². The lowest BCUT2D eigenvalue weighted by molar-refractivity contribution is -0.128. The average molecular weight is 251 g/mol. The summed E-state index contributed by atoms with van der Waals surface area (Å²) in [6.45, 7) is 2.94. The van der Waals surface area contributed by atoms with Crippen molar-refractivity contribution < 1.29 is 9.59 Å².